The number of esters is 2. The molecule has 0 aliphatic rings. The van der Waals surface area contributed by atoms with E-state index in [0.717, 1.165) is 0 Å². The molecule has 158 valence electrons. The van der Waals surface area contributed by atoms with Crippen molar-refractivity contribution in [3.05, 3.63) is 47.1 Å². The standard InChI is InChI=1S/C22H28O7/c1-8-14(4)21(23)28-13-15(9-2)22(24)29-17(10-3)16-11-18(25-5)20(27-7)19(12-16)26-6/h8-12H,13H2,1-7H3. The summed E-state index contributed by atoms with van der Waals surface area (Å²) in [4.78, 5) is 24.4. The van der Waals surface area contributed by atoms with Gasteiger partial charge >= 0.3 is 11.9 Å². The second-order valence-corrected chi connectivity index (χ2v) is 5.82. The Labute approximate surface area is 171 Å². The summed E-state index contributed by atoms with van der Waals surface area (Å²) in [6.07, 6.45) is 4.82. The van der Waals surface area contributed by atoms with Gasteiger partial charge in [0.2, 0.25) is 5.75 Å². The molecule has 1 aromatic rings. The molecule has 0 radical (unpaired) electrons. The Hall–Kier alpha value is -3.22. The molecule has 0 saturated carbocycles. The summed E-state index contributed by atoms with van der Waals surface area (Å²) in [7, 11) is 4.51. The van der Waals surface area contributed by atoms with E-state index in [2.05, 4.69) is 0 Å². The van der Waals surface area contributed by atoms with Crippen molar-refractivity contribution in [2.75, 3.05) is 27.9 Å². The highest BCUT2D eigenvalue weighted by molar-refractivity contribution is 5.94. The van der Waals surface area contributed by atoms with Crippen molar-refractivity contribution in [3.8, 4) is 17.2 Å². The van der Waals surface area contributed by atoms with Crippen LogP contribution in [0.25, 0.3) is 5.76 Å². The molecule has 1 rings (SSSR count). The van der Waals surface area contributed by atoms with Crippen LogP contribution in [-0.2, 0) is 19.1 Å². The maximum absolute atomic E-state index is 12.6. The van der Waals surface area contributed by atoms with Gasteiger partial charge in [-0.25, -0.2) is 9.59 Å². The van der Waals surface area contributed by atoms with E-state index in [1.165, 1.54) is 21.3 Å². The Morgan fingerprint density at radius 2 is 1.45 bits per heavy atom. The summed E-state index contributed by atoms with van der Waals surface area (Å²) in [5.74, 6) is 0.472. The van der Waals surface area contributed by atoms with Crippen LogP contribution < -0.4 is 14.2 Å². The molecule has 7 nitrogen and oxygen atoms in total. The lowest BCUT2D eigenvalue weighted by atomic mass is 10.1. The smallest absolute Gasteiger partial charge is 0.342 e. The van der Waals surface area contributed by atoms with Crippen LogP contribution in [0, 0.1) is 0 Å². The lowest BCUT2D eigenvalue weighted by molar-refractivity contribution is -0.139. The first-order valence-electron chi connectivity index (χ1n) is 9.00. The molecule has 29 heavy (non-hydrogen) atoms. The number of ether oxygens (including phenoxy) is 5. The average Bonchev–Trinajstić information content (AvgIpc) is 2.75. The molecule has 0 atom stereocenters. The summed E-state index contributed by atoms with van der Waals surface area (Å²) >= 11 is 0. The van der Waals surface area contributed by atoms with Crippen LogP contribution in [0.2, 0.25) is 0 Å². The number of carbonyl (C=O) groups excluding carboxylic acids is 2. The van der Waals surface area contributed by atoms with E-state index in [4.69, 9.17) is 23.7 Å². The topological polar surface area (TPSA) is 80.3 Å². The highest BCUT2D eigenvalue weighted by Gasteiger charge is 2.20. The van der Waals surface area contributed by atoms with Crippen molar-refractivity contribution in [2.24, 2.45) is 0 Å². The van der Waals surface area contributed by atoms with Gasteiger partial charge in [-0.05, 0) is 45.9 Å². The second kappa shape index (κ2) is 11.6. The van der Waals surface area contributed by atoms with Gasteiger partial charge in [-0.15, -0.1) is 0 Å². The van der Waals surface area contributed by atoms with Crippen LogP contribution in [-0.4, -0.2) is 39.9 Å². The molecule has 0 N–H and O–H groups in total. The lowest BCUT2D eigenvalue weighted by Crippen LogP contribution is -2.15. The fourth-order valence-corrected chi connectivity index (χ4v) is 2.31. The van der Waals surface area contributed by atoms with Gasteiger partial charge in [0, 0.05) is 11.1 Å². The van der Waals surface area contributed by atoms with Crippen LogP contribution in [0.4, 0.5) is 0 Å². The van der Waals surface area contributed by atoms with Crippen molar-refractivity contribution in [1.29, 1.82) is 0 Å². The minimum Gasteiger partial charge on any atom is -0.493 e. The number of hydrogen-bond acceptors (Lipinski definition) is 7. The monoisotopic (exact) mass is 404 g/mol. The average molecular weight is 404 g/mol. The Kier molecular flexibility index (Phi) is 9.51. The number of hydrogen-bond donors (Lipinski definition) is 0. The van der Waals surface area contributed by atoms with Crippen molar-refractivity contribution in [2.45, 2.75) is 27.7 Å². The molecule has 0 spiro atoms. The Morgan fingerprint density at radius 1 is 0.862 bits per heavy atom. The highest BCUT2D eigenvalue weighted by atomic mass is 16.6. The SMILES string of the molecule is CC=C(C)C(=O)OCC(=CC)C(=O)OC(=CC)c1cc(OC)c(OC)c(OC)c1. The zero-order valence-electron chi connectivity index (χ0n) is 18.0. The third-order valence-corrected chi connectivity index (χ3v) is 4.14. The highest BCUT2D eigenvalue weighted by Crippen LogP contribution is 2.40. The molecule has 0 fully saturated rings. The number of allylic oxidation sites excluding steroid dienone is 3. The maximum Gasteiger partial charge on any atom is 0.342 e. The van der Waals surface area contributed by atoms with E-state index in [1.54, 1.807) is 58.1 Å². The molecular formula is C22H28O7. The zero-order chi connectivity index (χ0) is 22.0. The molecule has 0 aliphatic heterocycles. The van der Waals surface area contributed by atoms with Crippen LogP contribution in [0.3, 0.4) is 0 Å². The third-order valence-electron chi connectivity index (χ3n) is 4.14. The minimum absolute atomic E-state index is 0.189. The van der Waals surface area contributed by atoms with Crippen LogP contribution in [0.15, 0.2) is 41.5 Å². The van der Waals surface area contributed by atoms with Crippen LogP contribution >= 0.6 is 0 Å². The zero-order valence-corrected chi connectivity index (χ0v) is 18.0. The van der Waals surface area contributed by atoms with E-state index in [-0.39, 0.29) is 12.2 Å². The normalized spacial score (nSPS) is 12.3. The maximum atomic E-state index is 12.6. The third kappa shape index (κ3) is 6.14. The molecule has 7 heteroatoms. The van der Waals surface area contributed by atoms with E-state index in [1.807, 2.05) is 0 Å². The summed E-state index contributed by atoms with van der Waals surface area (Å²) < 4.78 is 26.7. The molecule has 0 heterocycles. The van der Waals surface area contributed by atoms with Crippen molar-refractivity contribution in [1.82, 2.24) is 0 Å². The number of rotatable bonds is 9. The molecule has 0 saturated heterocycles. The van der Waals surface area contributed by atoms with Gasteiger partial charge < -0.3 is 23.7 Å². The van der Waals surface area contributed by atoms with Gasteiger partial charge in [0.15, 0.2) is 11.5 Å². The van der Waals surface area contributed by atoms with Crippen molar-refractivity contribution >= 4 is 17.7 Å². The molecule has 0 amide bonds. The molecule has 0 aliphatic carbocycles. The predicted molar refractivity (Wildman–Crippen MR) is 110 cm³/mol. The van der Waals surface area contributed by atoms with Gasteiger partial charge in [0.05, 0.1) is 26.9 Å². The first kappa shape index (κ1) is 23.8. The number of carbonyl (C=O) groups is 2. The summed E-state index contributed by atoms with van der Waals surface area (Å²) in [5, 5.41) is 0. The number of benzene rings is 1. The van der Waals surface area contributed by atoms with Crippen LogP contribution in [0.5, 0.6) is 17.2 Å². The molecule has 0 aromatic heterocycles. The fourth-order valence-electron chi connectivity index (χ4n) is 2.31. The molecular weight excluding hydrogens is 376 g/mol. The fraction of sp³-hybridized carbons (Fsp3) is 0.364. The summed E-state index contributed by atoms with van der Waals surface area (Å²) in [6, 6.07) is 3.35. The van der Waals surface area contributed by atoms with Gasteiger partial charge in [-0.1, -0.05) is 12.2 Å². The van der Waals surface area contributed by atoms with E-state index >= 15 is 0 Å². The van der Waals surface area contributed by atoms with E-state index in [9.17, 15) is 9.59 Å². The molecule has 0 bridgehead atoms. The lowest BCUT2D eigenvalue weighted by Gasteiger charge is -2.16. The minimum atomic E-state index is -0.625. The Morgan fingerprint density at radius 3 is 1.86 bits per heavy atom. The van der Waals surface area contributed by atoms with E-state index in [0.29, 0.717) is 34.1 Å². The second-order valence-electron chi connectivity index (χ2n) is 5.82. The van der Waals surface area contributed by atoms with Gasteiger partial charge in [-0.3, -0.25) is 0 Å². The summed E-state index contributed by atoms with van der Waals surface area (Å²) in [5.41, 5.74) is 1.24. The molecule has 1 aromatic carbocycles. The van der Waals surface area contributed by atoms with Gasteiger partial charge in [0.1, 0.15) is 12.4 Å². The summed E-state index contributed by atoms with van der Waals surface area (Å²) in [6.45, 7) is 6.58. The van der Waals surface area contributed by atoms with Crippen molar-refractivity contribution in [3.63, 3.8) is 0 Å². The first-order valence-corrected chi connectivity index (χ1v) is 9.00. The Bertz CT molecular complexity index is 807. The van der Waals surface area contributed by atoms with Crippen molar-refractivity contribution < 1.29 is 33.3 Å². The van der Waals surface area contributed by atoms with Gasteiger partial charge in [0.25, 0.3) is 0 Å². The largest absolute Gasteiger partial charge is 0.493 e. The van der Waals surface area contributed by atoms with E-state index < -0.39 is 11.9 Å². The quantitative estimate of drug-likeness (QED) is 0.349. The predicted octanol–water partition coefficient (Wildman–Crippen LogP) is 4.07. The molecule has 0 unspecified atom stereocenters. The van der Waals surface area contributed by atoms with Crippen LogP contribution in [0.1, 0.15) is 33.3 Å². The van der Waals surface area contributed by atoms with Gasteiger partial charge in [-0.2, -0.15) is 0 Å². The number of methoxy groups -OCH3 is 3. The Balaban J connectivity index is 3.05. The first-order chi connectivity index (χ1) is 13.9.